The highest BCUT2D eigenvalue weighted by molar-refractivity contribution is 6.58. The Labute approximate surface area is 87.9 Å². The molecule has 1 saturated heterocycles. The molecule has 1 heterocycles. The monoisotopic (exact) mass is 222 g/mol. The van der Waals surface area contributed by atoms with Gasteiger partial charge in [-0.3, -0.25) is 4.79 Å². The molecule has 1 amide bonds. The maximum Gasteiger partial charge on any atom is 0.497 e. The molecule has 0 saturated carbocycles. The van der Waals surface area contributed by atoms with Gasteiger partial charge < -0.3 is 17.8 Å². The van der Waals surface area contributed by atoms with Gasteiger partial charge in [-0.15, -0.1) is 0 Å². The maximum absolute atomic E-state index is 12.2. The van der Waals surface area contributed by atoms with E-state index in [1.165, 1.54) is 0 Å². The highest BCUT2D eigenvalue weighted by Gasteiger charge is 2.32. The highest BCUT2D eigenvalue weighted by atomic mass is 19.4. The maximum atomic E-state index is 12.2. The van der Waals surface area contributed by atoms with Crippen LogP contribution in [0.1, 0.15) is 33.1 Å². The van der Waals surface area contributed by atoms with Gasteiger partial charge in [0.15, 0.2) is 0 Å². The smallest absolute Gasteiger partial charge is 0.448 e. The Balaban J connectivity index is 2.62. The van der Waals surface area contributed by atoms with Gasteiger partial charge >= 0.3 is 6.98 Å². The van der Waals surface area contributed by atoms with Gasteiger partial charge in [0, 0.05) is 13.0 Å². The first-order valence-corrected chi connectivity index (χ1v) is 5.18. The summed E-state index contributed by atoms with van der Waals surface area (Å²) in [7, 11) is 0. The molecule has 0 spiro atoms. The Hall–Kier alpha value is -0.675. The Bertz CT molecular complexity index is 252. The summed E-state index contributed by atoms with van der Waals surface area (Å²) in [6.07, 6.45) is 0.506. The molecule has 0 aromatic rings. The van der Waals surface area contributed by atoms with Crippen LogP contribution in [-0.4, -0.2) is 30.8 Å². The lowest BCUT2D eigenvalue weighted by Crippen LogP contribution is -2.41. The van der Waals surface area contributed by atoms with Crippen LogP contribution in [0.2, 0.25) is 0 Å². The lowest BCUT2D eigenvalue weighted by molar-refractivity contribution is -0.130. The fourth-order valence-electron chi connectivity index (χ4n) is 1.73. The van der Waals surface area contributed by atoms with Gasteiger partial charge in [-0.05, 0) is 24.7 Å². The summed E-state index contributed by atoms with van der Waals surface area (Å²) in [5, 5.41) is 0. The van der Waals surface area contributed by atoms with Gasteiger partial charge in [-0.1, -0.05) is 13.8 Å². The zero-order valence-corrected chi connectivity index (χ0v) is 9.10. The number of hydrogen-bond acceptors (Lipinski definition) is 1. The van der Waals surface area contributed by atoms with Crippen molar-refractivity contribution in [1.82, 2.24) is 4.90 Å². The summed E-state index contributed by atoms with van der Waals surface area (Å²) in [5.41, 5.74) is -0.0248. The third-order valence-corrected chi connectivity index (χ3v) is 2.85. The minimum Gasteiger partial charge on any atom is -0.448 e. The second-order valence-corrected chi connectivity index (χ2v) is 4.96. The van der Waals surface area contributed by atoms with Gasteiger partial charge in [0.25, 0.3) is 0 Å². The summed E-state index contributed by atoms with van der Waals surface area (Å²) in [4.78, 5) is 12.4. The Morgan fingerprint density at radius 1 is 1.33 bits per heavy atom. The number of amides is 1. The van der Waals surface area contributed by atoms with E-state index in [1.807, 2.05) is 13.8 Å². The van der Waals surface area contributed by atoms with E-state index in [1.54, 1.807) is 0 Å². The van der Waals surface area contributed by atoms with Crippen molar-refractivity contribution in [3.05, 3.63) is 0 Å². The van der Waals surface area contributed by atoms with Crippen LogP contribution in [-0.2, 0) is 4.79 Å². The molecule has 0 unspecified atom stereocenters. The molecule has 0 aromatic carbocycles. The molecule has 0 atom stereocenters. The minimum absolute atomic E-state index is 0.0248. The summed E-state index contributed by atoms with van der Waals surface area (Å²) >= 11 is 0. The molecule has 0 aliphatic carbocycles. The normalized spacial score (nSPS) is 22.7. The minimum atomic E-state index is -4.90. The van der Waals surface area contributed by atoms with Crippen LogP contribution in [0.5, 0.6) is 0 Å². The molecule has 0 radical (unpaired) electrons. The fraction of sp³-hybridized carbons (Fsp3) is 0.889. The third-order valence-electron chi connectivity index (χ3n) is 2.85. The van der Waals surface area contributed by atoms with E-state index in [9.17, 15) is 17.7 Å². The zero-order chi connectivity index (χ0) is 11.7. The van der Waals surface area contributed by atoms with Crippen molar-refractivity contribution >= 4 is 12.9 Å². The first-order valence-electron chi connectivity index (χ1n) is 5.18. The van der Waals surface area contributed by atoms with Crippen molar-refractivity contribution in [2.24, 2.45) is 5.41 Å². The molecule has 0 N–H and O–H groups in total. The molecular weight excluding hydrogens is 206 g/mol. The number of likely N-dealkylation sites (tertiary alicyclic amines) is 1. The summed E-state index contributed by atoms with van der Waals surface area (Å²) in [6, 6.07) is 0. The molecule has 88 valence electrons. The average Bonchev–Trinajstić information content (AvgIpc) is 2.16. The number of nitrogens with zero attached hydrogens (tertiary/aromatic N) is 1. The molecule has 0 aromatic heterocycles. The molecule has 1 aliphatic heterocycles. The number of hydrogen-bond donors (Lipinski definition) is 0. The van der Waals surface area contributed by atoms with E-state index in [2.05, 4.69) is 0 Å². The average molecular weight is 222 g/mol. The van der Waals surface area contributed by atoms with Crippen LogP contribution in [0.25, 0.3) is 0 Å². The molecule has 1 fully saturated rings. The molecule has 6 heteroatoms. The zero-order valence-electron chi connectivity index (χ0n) is 9.10. The number of rotatable bonds is 2. The van der Waals surface area contributed by atoms with Gasteiger partial charge in [-0.2, -0.15) is 0 Å². The molecule has 0 bridgehead atoms. The predicted molar refractivity (Wildman–Crippen MR) is 53.3 cm³/mol. The van der Waals surface area contributed by atoms with E-state index in [0.29, 0.717) is 12.8 Å². The second-order valence-electron chi connectivity index (χ2n) is 4.96. The van der Waals surface area contributed by atoms with E-state index in [-0.39, 0.29) is 24.3 Å². The lowest BCUT2D eigenvalue weighted by Gasteiger charge is -2.27. The number of carbonyl (C=O) groups excluding carboxylic acids is 1. The van der Waals surface area contributed by atoms with Crippen molar-refractivity contribution in [2.45, 2.75) is 33.1 Å². The van der Waals surface area contributed by atoms with Crippen molar-refractivity contribution < 1.29 is 17.7 Å². The van der Waals surface area contributed by atoms with E-state index in [0.717, 1.165) is 4.90 Å². The Morgan fingerprint density at radius 2 is 1.93 bits per heavy atom. The van der Waals surface area contributed by atoms with Gasteiger partial charge in [0.2, 0.25) is 5.91 Å². The topological polar surface area (TPSA) is 20.3 Å². The van der Waals surface area contributed by atoms with Gasteiger partial charge in [0.05, 0.1) is 0 Å². The molecule has 1 rings (SSSR count). The van der Waals surface area contributed by atoms with E-state index in [4.69, 9.17) is 0 Å². The Kier molecular flexibility index (Phi) is 3.36. The summed E-state index contributed by atoms with van der Waals surface area (Å²) in [6.45, 7) is -0.694. The molecule has 1 aliphatic rings. The lowest BCUT2D eigenvalue weighted by atomic mass is 9.85. The number of halogens is 3. The SMILES string of the molecule is CC1(C)CCC(=O)N(C[B-](F)(F)F)CC1. The fourth-order valence-corrected chi connectivity index (χ4v) is 1.73. The van der Waals surface area contributed by atoms with Gasteiger partial charge in [-0.25, -0.2) is 0 Å². The molecule has 15 heavy (non-hydrogen) atoms. The standard InChI is InChI=1S/C9H16BF3NO/c1-9(2)4-3-8(15)14(6-5-9)7-10(11,12)13/h3-7H2,1-2H3/q-1. The molecular formula is C9H16BF3NO-. The highest BCUT2D eigenvalue weighted by Crippen LogP contribution is 2.30. The largest absolute Gasteiger partial charge is 0.497 e. The van der Waals surface area contributed by atoms with E-state index < -0.39 is 13.4 Å². The van der Waals surface area contributed by atoms with Crippen molar-refractivity contribution in [2.75, 3.05) is 13.0 Å². The van der Waals surface area contributed by atoms with Crippen molar-refractivity contribution in [3.63, 3.8) is 0 Å². The van der Waals surface area contributed by atoms with Crippen LogP contribution >= 0.6 is 0 Å². The van der Waals surface area contributed by atoms with Crippen LogP contribution in [0.3, 0.4) is 0 Å². The van der Waals surface area contributed by atoms with Crippen LogP contribution in [0.4, 0.5) is 12.9 Å². The second kappa shape index (κ2) is 4.06. The third kappa shape index (κ3) is 4.14. The predicted octanol–water partition coefficient (Wildman–Crippen LogP) is 2.41. The summed E-state index contributed by atoms with van der Waals surface area (Å²) < 4.78 is 36.6. The van der Waals surface area contributed by atoms with E-state index >= 15 is 0 Å². The quantitative estimate of drug-likeness (QED) is 0.657. The van der Waals surface area contributed by atoms with Crippen LogP contribution in [0, 0.1) is 5.41 Å². The summed E-state index contributed by atoms with van der Waals surface area (Å²) in [5.74, 6) is -0.361. The van der Waals surface area contributed by atoms with Gasteiger partial charge in [0.1, 0.15) is 0 Å². The Morgan fingerprint density at radius 3 is 2.47 bits per heavy atom. The van der Waals surface area contributed by atoms with Crippen LogP contribution in [0.15, 0.2) is 0 Å². The van der Waals surface area contributed by atoms with Crippen molar-refractivity contribution in [1.29, 1.82) is 0 Å². The molecule has 2 nitrogen and oxygen atoms in total. The number of carbonyl (C=O) groups is 1. The van der Waals surface area contributed by atoms with Crippen LogP contribution < -0.4 is 0 Å². The van der Waals surface area contributed by atoms with Crippen molar-refractivity contribution in [3.8, 4) is 0 Å². The first kappa shape index (κ1) is 12.4. The first-order chi connectivity index (χ1) is 6.70.